The molecule has 0 spiro atoms. The molecular formula is C66H54N6. The van der Waals surface area contributed by atoms with E-state index in [0.29, 0.717) is 17.7 Å². The highest BCUT2D eigenvalue weighted by molar-refractivity contribution is 6.12. The van der Waals surface area contributed by atoms with Gasteiger partial charge < -0.3 is 4.57 Å². The van der Waals surface area contributed by atoms with E-state index in [1.54, 1.807) is 0 Å². The van der Waals surface area contributed by atoms with Gasteiger partial charge in [0.05, 0.1) is 38.8 Å². The second-order valence-corrected chi connectivity index (χ2v) is 21.4. The molecule has 0 saturated heterocycles. The van der Waals surface area contributed by atoms with Crippen LogP contribution in [0.4, 0.5) is 0 Å². The zero-order chi connectivity index (χ0) is 49.0. The number of benzene rings is 9. The maximum absolute atomic E-state index is 5.49. The summed E-state index contributed by atoms with van der Waals surface area (Å²) < 4.78 is 6.94. The van der Waals surface area contributed by atoms with Gasteiger partial charge in [-0.3, -0.25) is 9.13 Å². The molecule has 348 valence electrons. The molecule has 0 unspecified atom stereocenters. The van der Waals surface area contributed by atoms with Crippen LogP contribution in [-0.2, 0) is 10.8 Å². The zero-order valence-electron chi connectivity index (χ0n) is 41.7. The predicted molar refractivity (Wildman–Crippen MR) is 301 cm³/mol. The number of aryl methyl sites for hydroxylation is 1. The maximum atomic E-state index is 5.49. The van der Waals surface area contributed by atoms with E-state index in [4.69, 9.17) is 15.0 Å². The Balaban J connectivity index is 1.09. The summed E-state index contributed by atoms with van der Waals surface area (Å²) in [6.45, 7) is 16.0. The number of rotatable bonds is 6. The van der Waals surface area contributed by atoms with E-state index < -0.39 is 0 Å². The Morgan fingerprint density at radius 3 is 1.38 bits per heavy atom. The summed E-state index contributed by atoms with van der Waals surface area (Å²) in [5.41, 5.74) is 16.7. The Hall–Kier alpha value is -8.61. The molecule has 0 amide bonds. The fourth-order valence-electron chi connectivity index (χ4n) is 11.1. The van der Waals surface area contributed by atoms with Gasteiger partial charge in [-0.15, -0.1) is 0 Å². The average Bonchev–Trinajstić information content (AvgIpc) is 4.04. The summed E-state index contributed by atoms with van der Waals surface area (Å²) in [4.78, 5) is 16.4. The van der Waals surface area contributed by atoms with Crippen LogP contribution in [0.1, 0.15) is 58.2 Å². The minimum atomic E-state index is -0.0194. The van der Waals surface area contributed by atoms with Gasteiger partial charge in [0.25, 0.3) is 0 Å². The number of fused-ring (bicyclic) bond motifs is 9. The highest BCUT2D eigenvalue weighted by atomic mass is 15.3. The first-order valence-corrected chi connectivity index (χ1v) is 25.0. The van der Waals surface area contributed by atoms with Crippen molar-refractivity contribution >= 4 is 65.4 Å². The smallest absolute Gasteiger partial charge is 0.240 e. The van der Waals surface area contributed by atoms with Crippen LogP contribution in [0.5, 0.6) is 0 Å². The molecule has 4 heterocycles. The SMILES string of the molecule is Cc1cccc2c3ccccc3n(-c3nc(-c4cccc(-c5cccc(-c6ccccc6)c5-n5c6ccc(C(C)(C)C)cc6c6cc(C(C)(C)C)ccc65)c4)nc(-n4c5ccccc5c5ccccc54)n3)c12. The van der Waals surface area contributed by atoms with Crippen LogP contribution < -0.4 is 0 Å². The molecule has 0 atom stereocenters. The van der Waals surface area contributed by atoms with Gasteiger partial charge >= 0.3 is 0 Å². The van der Waals surface area contributed by atoms with Crippen molar-refractivity contribution in [3.05, 3.63) is 217 Å². The molecule has 13 rings (SSSR count). The first-order valence-electron chi connectivity index (χ1n) is 25.0. The second-order valence-electron chi connectivity index (χ2n) is 21.4. The topological polar surface area (TPSA) is 53.5 Å². The number of hydrogen-bond donors (Lipinski definition) is 0. The lowest BCUT2D eigenvalue weighted by molar-refractivity contribution is 0.590. The quantitative estimate of drug-likeness (QED) is 0.167. The van der Waals surface area contributed by atoms with E-state index >= 15 is 0 Å². The second kappa shape index (κ2) is 16.2. The summed E-state index contributed by atoms with van der Waals surface area (Å²) in [5, 5.41) is 7.10. The van der Waals surface area contributed by atoms with E-state index in [2.05, 4.69) is 262 Å². The summed E-state index contributed by atoms with van der Waals surface area (Å²) in [6, 6.07) is 72.6. The summed E-state index contributed by atoms with van der Waals surface area (Å²) in [7, 11) is 0. The molecule has 0 aliphatic heterocycles. The van der Waals surface area contributed by atoms with Crippen molar-refractivity contribution in [2.75, 3.05) is 0 Å². The average molecular weight is 931 g/mol. The minimum Gasteiger partial charge on any atom is -0.308 e. The number of nitrogens with zero attached hydrogens (tertiary/aromatic N) is 6. The van der Waals surface area contributed by atoms with Crippen molar-refractivity contribution in [3.63, 3.8) is 0 Å². The number of hydrogen-bond acceptors (Lipinski definition) is 3. The third-order valence-electron chi connectivity index (χ3n) is 14.8. The zero-order valence-corrected chi connectivity index (χ0v) is 41.7. The van der Waals surface area contributed by atoms with Crippen LogP contribution in [-0.4, -0.2) is 28.7 Å². The molecule has 0 radical (unpaired) electrons. The van der Waals surface area contributed by atoms with E-state index in [-0.39, 0.29) is 10.8 Å². The molecule has 0 N–H and O–H groups in total. The van der Waals surface area contributed by atoms with Gasteiger partial charge in [-0.1, -0.05) is 193 Å². The molecule has 6 heteroatoms. The van der Waals surface area contributed by atoms with Crippen LogP contribution in [0.15, 0.2) is 200 Å². The lowest BCUT2D eigenvalue weighted by Crippen LogP contribution is -2.10. The van der Waals surface area contributed by atoms with Gasteiger partial charge in [-0.25, -0.2) is 0 Å². The minimum absolute atomic E-state index is 0.0194. The lowest BCUT2D eigenvalue weighted by atomic mass is 9.85. The van der Waals surface area contributed by atoms with Crippen LogP contribution in [0.25, 0.3) is 117 Å². The number of para-hydroxylation sites is 5. The van der Waals surface area contributed by atoms with Crippen molar-refractivity contribution in [3.8, 4) is 51.2 Å². The van der Waals surface area contributed by atoms with E-state index in [1.165, 1.54) is 32.9 Å². The van der Waals surface area contributed by atoms with Crippen LogP contribution in [0.3, 0.4) is 0 Å². The van der Waals surface area contributed by atoms with E-state index in [9.17, 15) is 0 Å². The molecule has 0 saturated carbocycles. The molecule has 6 nitrogen and oxygen atoms in total. The van der Waals surface area contributed by atoms with Gasteiger partial charge in [-0.05, 0) is 94.1 Å². The molecule has 13 aromatic rings. The van der Waals surface area contributed by atoms with Crippen LogP contribution >= 0.6 is 0 Å². The molecule has 4 aromatic heterocycles. The van der Waals surface area contributed by atoms with Gasteiger partial charge in [0.15, 0.2) is 5.82 Å². The summed E-state index contributed by atoms with van der Waals surface area (Å²) >= 11 is 0. The van der Waals surface area contributed by atoms with Crippen molar-refractivity contribution in [1.82, 2.24) is 28.7 Å². The molecule has 72 heavy (non-hydrogen) atoms. The standard InChI is InChI=1S/C66H54N6/c1-41-20-17-30-52-51-27-13-16-33-57(51)72(60(41)52)64-68-62(67-63(69-64)71-55-31-14-11-25-49(55)50-26-12-15-32-56(50)71)44-24-18-23-43(38-44)48-29-19-28-47(42-21-9-8-10-22-42)61(48)70-58-36-34-45(65(2,3)4)39-53(58)54-40-46(66(5,6)7)35-37-59(54)70/h8-40H,1-7H3. The summed E-state index contributed by atoms with van der Waals surface area (Å²) in [6.07, 6.45) is 0. The van der Waals surface area contributed by atoms with Crippen molar-refractivity contribution < 1.29 is 0 Å². The van der Waals surface area contributed by atoms with Crippen molar-refractivity contribution in [2.24, 2.45) is 0 Å². The van der Waals surface area contributed by atoms with E-state index in [1.807, 2.05) is 0 Å². The third-order valence-corrected chi connectivity index (χ3v) is 14.8. The highest BCUT2D eigenvalue weighted by Gasteiger charge is 2.26. The van der Waals surface area contributed by atoms with Gasteiger partial charge in [-0.2, -0.15) is 15.0 Å². The van der Waals surface area contributed by atoms with Crippen LogP contribution in [0.2, 0.25) is 0 Å². The largest absolute Gasteiger partial charge is 0.308 e. The fraction of sp³-hybridized carbons (Fsp3) is 0.136. The molecule has 9 aromatic carbocycles. The lowest BCUT2D eigenvalue weighted by Gasteiger charge is -2.21. The molecule has 0 aliphatic rings. The normalized spacial score (nSPS) is 12.4. The van der Waals surface area contributed by atoms with Gasteiger partial charge in [0, 0.05) is 49.0 Å². The third kappa shape index (κ3) is 6.88. The maximum Gasteiger partial charge on any atom is 0.240 e. The van der Waals surface area contributed by atoms with E-state index in [0.717, 1.165) is 82.7 Å². The highest BCUT2D eigenvalue weighted by Crippen LogP contribution is 2.44. The van der Waals surface area contributed by atoms with Crippen molar-refractivity contribution in [1.29, 1.82) is 0 Å². The Labute approximate surface area is 419 Å². The monoisotopic (exact) mass is 930 g/mol. The summed E-state index contributed by atoms with van der Waals surface area (Å²) in [5.74, 6) is 1.70. The molecular weight excluding hydrogens is 877 g/mol. The Morgan fingerprint density at radius 1 is 0.333 bits per heavy atom. The molecule has 0 fully saturated rings. The first kappa shape index (κ1) is 43.4. The predicted octanol–water partition coefficient (Wildman–Crippen LogP) is 17.1. The fourth-order valence-corrected chi connectivity index (χ4v) is 11.1. The Morgan fingerprint density at radius 2 is 0.778 bits per heavy atom. The Bertz CT molecular complexity index is 4180. The first-order chi connectivity index (χ1) is 34.9. The van der Waals surface area contributed by atoms with Crippen LogP contribution in [0, 0.1) is 6.92 Å². The molecule has 0 aliphatic carbocycles. The molecule has 0 bridgehead atoms. The Kier molecular flexibility index (Phi) is 9.78. The van der Waals surface area contributed by atoms with Gasteiger partial charge in [0.2, 0.25) is 11.9 Å². The van der Waals surface area contributed by atoms with Crippen molar-refractivity contribution in [2.45, 2.75) is 59.3 Å². The van der Waals surface area contributed by atoms with Gasteiger partial charge in [0.1, 0.15) is 0 Å². The number of aromatic nitrogens is 6.